The fraction of sp³-hybridized carbons (Fsp3) is 0.368. The first kappa shape index (κ1) is 17.9. The maximum Gasteiger partial charge on any atom is 0.258 e. The maximum atomic E-state index is 12.7. The summed E-state index contributed by atoms with van der Waals surface area (Å²) in [5.41, 5.74) is 3.57. The van der Waals surface area contributed by atoms with Crippen LogP contribution in [0.4, 0.5) is 0 Å². The van der Waals surface area contributed by atoms with E-state index in [4.69, 9.17) is 0 Å². The van der Waals surface area contributed by atoms with Gasteiger partial charge in [0.15, 0.2) is 0 Å². The average molecular weight is 298 g/mol. The number of aliphatic imine (C=N–C) groups is 1. The molecule has 118 valence electrons. The number of carbonyl (C=O) groups excluding carboxylic acids is 1. The molecule has 0 atom stereocenters. The molecule has 0 bridgehead atoms. The highest BCUT2D eigenvalue weighted by molar-refractivity contribution is 5.96. The fourth-order valence-corrected chi connectivity index (χ4v) is 2.47. The zero-order valence-corrected chi connectivity index (χ0v) is 14.1. The van der Waals surface area contributed by atoms with Gasteiger partial charge in [-0.15, -0.1) is 0 Å². The molecule has 0 N–H and O–H groups in total. The van der Waals surface area contributed by atoms with Crippen LogP contribution in [0.15, 0.2) is 53.3 Å². The summed E-state index contributed by atoms with van der Waals surface area (Å²) < 4.78 is 0. The molecular formula is C19H26N2O. The Morgan fingerprint density at radius 2 is 2.09 bits per heavy atom. The Hall–Kier alpha value is -2.16. The molecule has 0 saturated heterocycles. The summed E-state index contributed by atoms with van der Waals surface area (Å²) >= 11 is 0. The van der Waals surface area contributed by atoms with E-state index in [0.29, 0.717) is 5.56 Å². The van der Waals surface area contributed by atoms with Crippen LogP contribution < -0.4 is 0 Å². The highest BCUT2D eigenvalue weighted by atomic mass is 16.2. The third kappa shape index (κ3) is 4.17. The van der Waals surface area contributed by atoms with Crippen LogP contribution in [0, 0.1) is 6.92 Å². The number of carbonyl (C=O) groups is 1. The summed E-state index contributed by atoms with van der Waals surface area (Å²) in [6.07, 6.45) is 5.32. The number of amides is 1. The molecule has 2 rings (SSSR count). The lowest BCUT2D eigenvalue weighted by molar-refractivity contribution is 0.0800. The molecule has 3 heteroatoms. The molecule has 0 radical (unpaired) electrons. The zero-order valence-electron chi connectivity index (χ0n) is 14.1. The summed E-state index contributed by atoms with van der Waals surface area (Å²) in [6.45, 7) is 12.4. The standard InChI is InChI=1S/C17H20N2O.C2H6/c1-4-16-15(18-5-2)10-7-11-19(16)17(20)14-9-6-8-13(3)12-14;1-2/h4-6,8-9,12H,1,7,10-11H2,2-3H3;1-2H3. The number of benzene rings is 1. The summed E-state index contributed by atoms with van der Waals surface area (Å²) in [5.74, 6) is 0.0205. The van der Waals surface area contributed by atoms with E-state index < -0.39 is 0 Å². The SMILES string of the molecule is C=CC1=C(N=CC)CCCN1C(=O)c1cccc(C)c1.CC. The summed E-state index contributed by atoms with van der Waals surface area (Å²) in [7, 11) is 0. The van der Waals surface area contributed by atoms with Crippen molar-refractivity contribution in [1.82, 2.24) is 4.90 Å². The Morgan fingerprint density at radius 3 is 2.68 bits per heavy atom. The van der Waals surface area contributed by atoms with Gasteiger partial charge >= 0.3 is 0 Å². The smallest absolute Gasteiger partial charge is 0.258 e. The van der Waals surface area contributed by atoms with Crippen LogP contribution in [0.25, 0.3) is 0 Å². The molecule has 1 aromatic rings. The van der Waals surface area contributed by atoms with E-state index in [1.54, 1.807) is 17.2 Å². The van der Waals surface area contributed by atoms with Gasteiger partial charge in [-0.1, -0.05) is 38.1 Å². The van der Waals surface area contributed by atoms with E-state index in [-0.39, 0.29) is 5.91 Å². The molecule has 1 amide bonds. The maximum absolute atomic E-state index is 12.7. The van der Waals surface area contributed by atoms with Gasteiger partial charge in [-0.3, -0.25) is 9.79 Å². The monoisotopic (exact) mass is 298 g/mol. The van der Waals surface area contributed by atoms with Crippen LogP contribution in [0.3, 0.4) is 0 Å². The third-order valence-corrected chi connectivity index (χ3v) is 3.37. The van der Waals surface area contributed by atoms with Gasteiger partial charge < -0.3 is 4.90 Å². The van der Waals surface area contributed by atoms with E-state index in [1.807, 2.05) is 52.0 Å². The van der Waals surface area contributed by atoms with Crippen LogP contribution in [0.1, 0.15) is 49.5 Å². The van der Waals surface area contributed by atoms with E-state index in [9.17, 15) is 4.79 Å². The molecule has 1 aliphatic heterocycles. The first-order valence-electron chi connectivity index (χ1n) is 7.90. The van der Waals surface area contributed by atoms with Crippen LogP contribution in [0.5, 0.6) is 0 Å². The molecular weight excluding hydrogens is 272 g/mol. The number of nitrogens with zero attached hydrogens (tertiary/aromatic N) is 2. The van der Waals surface area contributed by atoms with Gasteiger partial charge in [0, 0.05) is 18.3 Å². The van der Waals surface area contributed by atoms with Crippen molar-refractivity contribution >= 4 is 12.1 Å². The van der Waals surface area contributed by atoms with Crippen molar-refractivity contribution in [3.63, 3.8) is 0 Å². The van der Waals surface area contributed by atoms with Gasteiger partial charge in [-0.25, -0.2) is 0 Å². The Balaban J connectivity index is 0.00000116. The normalized spacial score (nSPS) is 14.6. The van der Waals surface area contributed by atoms with Crippen molar-refractivity contribution in [1.29, 1.82) is 0 Å². The van der Waals surface area contributed by atoms with Gasteiger partial charge in [0.05, 0.1) is 11.4 Å². The van der Waals surface area contributed by atoms with E-state index in [0.717, 1.165) is 36.3 Å². The van der Waals surface area contributed by atoms with Crippen molar-refractivity contribution in [3.05, 3.63) is 59.4 Å². The molecule has 0 aromatic heterocycles. The van der Waals surface area contributed by atoms with E-state index in [2.05, 4.69) is 11.6 Å². The van der Waals surface area contributed by atoms with Gasteiger partial charge in [0.2, 0.25) is 0 Å². The Morgan fingerprint density at radius 1 is 1.36 bits per heavy atom. The molecule has 0 spiro atoms. The molecule has 22 heavy (non-hydrogen) atoms. The van der Waals surface area contributed by atoms with Gasteiger partial charge in [0.1, 0.15) is 0 Å². The quantitative estimate of drug-likeness (QED) is 0.741. The number of aryl methyl sites for hydroxylation is 1. The zero-order chi connectivity index (χ0) is 16.5. The lowest BCUT2D eigenvalue weighted by Gasteiger charge is -2.29. The minimum Gasteiger partial charge on any atom is -0.307 e. The number of rotatable bonds is 3. The summed E-state index contributed by atoms with van der Waals surface area (Å²) in [5, 5.41) is 0. The second-order valence-electron chi connectivity index (χ2n) is 4.85. The Bertz CT molecular complexity index is 585. The molecule has 0 fully saturated rings. The van der Waals surface area contributed by atoms with Crippen LogP contribution in [0.2, 0.25) is 0 Å². The van der Waals surface area contributed by atoms with Crippen molar-refractivity contribution < 1.29 is 4.79 Å². The van der Waals surface area contributed by atoms with Crippen molar-refractivity contribution in [3.8, 4) is 0 Å². The fourth-order valence-electron chi connectivity index (χ4n) is 2.47. The minimum absolute atomic E-state index is 0.0205. The van der Waals surface area contributed by atoms with Crippen molar-refractivity contribution in [2.24, 2.45) is 4.99 Å². The van der Waals surface area contributed by atoms with E-state index >= 15 is 0 Å². The number of allylic oxidation sites excluding steroid dienone is 2. The summed E-state index contributed by atoms with van der Waals surface area (Å²) in [6, 6.07) is 7.67. The molecule has 3 nitrogen and oxygen atoms in total. The molecule has 1 aliphatic rings. The van der Waals surface area contributed by atoms with Crippen LogP contribution >= 0.6 is 0 Å². The van der Waals surface area contributed by atoms with Gasteiger partial charge in [0.25, 0.3) is 5.91 Å². The lowest BCUT2D eigenvalue weighted by atomic mass is 10.1. The minimum atomic E-state index is 0.0205. The molecule has 0 unspecified atom stereocenters. The van der Waals surface area contributed by atoms with Gasteiger partial charge in [-0.2, -0.15) is 0 Å². The lowest BCUT2D eigenvalue weighted by Crippen LogP contribution is -2.34. The van der Waals surface area contributed by atoms with Crippen molar-refractivity contribution in [2.45, 2.75) is 40.5 Å². The predicted molar refractivity (Wildman–Crippen MR) is 94.2 cm³/mol. The van der Waals surface area contributed by atoms with Crippen molar-refractivity contribution in [2.75, 3.05) is 6.54 Å². The van der Waals surface area contributed by atoms with Crippen LogP contribution in [-0.4, -0.2) is 23.6 Å². The largest absolute Gasteiger partial charge is 0.307 e. The highest BCUT2D eigenvalue weighted by Crippen LogP contribution is 2.25. The van der Waals surface area contributed by atoms with E-state index in [1.165, 1.54) is 0 Å². The van der Waals surface area contributed by atoms with Crippen LogP contribution in [-0.2, 0) is 0 Å². The molecule has 1 aromatic carbocycles. The number of hydrogen-bond acceptors (Lipinski definition) is 2. The topological polar surface area (TPSA) is 32.7 Å². The highest BCUT2D eigenvalue weighted by Gasteiger charge is 2.24. The molecule has 0 saturated carbocycles. The first-order chi connectivity index (χ1) is 10.7. The van der Waals surface area contributed by atoms with Gasteiger partial charge in [-0.05, 0) is 44.9 Å². The summed E-state index contributed by atoms with van der Waals surface area (Å²) in [4.78, 5) is 18.8. The second-order valence-corrected chi connectivity index (χ2v) is 4.85. The first-order valence-corrected chi connectivity index (χ1v) is 7.90. The third-order valence-electron chi connectivity index (χ3n) is 3.37. The predicted octanol–water partition coefficient (Wildman–Crippen LogP) is 4.75. The number of hydrogen-bond donors (Lipinski definition) is 0. The molecule has 0 aliphatic carbocycles. The second kappa shape index (κ2) is 8.98. The average Bonchev–Trinajstić information content (AvgIpc) is 2.56. The Kier molecular flexibility index (Phi) is 7.30. The Labute approximate surface area is 134 Å². The molecule has 1 heterocycles.